The molecule has 0 aliphatic carbocycles. The third-order valence-corrected chi connectivity index (χ3v) is 5.15. The molecule has 0 radical (unpaired) electrons. The molecular weight excluding hydrogens is 348 g/mol. The molecule has 0 saturated carbocycles. The number of nitrogens with zero attached hydrogens (tertiary/aromatic N) is 2. The van der Waals surface area contributed by atoms with Gasteiger partial charge in [0.05, 0.1) is 0 Å². The number of halogens is 2. The highest BCUT2D eigenvalue weighted by Crippen LogP contribution is 2.24. The molecule has 1 amide bonds. The summed E-state index contributed by atoms with van der Waals surface area (Å²) in [7, 11) is 0. The van der Waals surface area contributed by atoms with Crippen LogP contribution < -0.4 is 10.2 Å². The first-order chi connectivity index (χ1) is 13.0. The first-order valence-corrected chi connectivity index (χ1v) is 9.24. The summed E-state index contributed by atoms with van der Waals surface area (Å²) in [5.41, 5.74) is 3.58. The van der Waals surface area contributed by atoms with Gasteiger partial charge in [-0.1, -0.05) is 18.2 Å². The number of benzene rings is 2. The van der Waals surface area contributed by atoms with Crippen LogP contribution in [-0.2, 0) is 4.79 Å². The zero-order chi connectivity index (χ0) is 19.4. The molecule has 144 valence electrons. The Kier molecular flexibility index (Phi) is 5.94. The van der Waals surface area contributed by atoms with Crippen molar-refractivity contribution >= 4 is 17.3 Å². The normalized spacial score (nSPS) is 14.4. The van der Waals surface area contributed by atoms with E-state index in [-0.39, 0.29) is 24.6 Å². The number of rotatable bonds is 5. The molecule has 0 atom stereocenters. The van der Waals surface area contributed by atoms with Crippen LogP contribution >= 0.6 is 0 Å². The van der Waals surface area contributed by atoms with Crippen molar-refractivity contribution in [1.29, 1.82) is 0 Å². The van der Waals surface area contributed by atoms with Crippen LogP contribution in [0.4, 0.5) is 20.2 Å². The van der Waals surface area contributed by atoms with Gasteiger partial charge in [-0.2, -0.15) is 0 Å². The van der Waals surface area contributed by atoms with Crippen LogP contribution in [0.3, 0.4) is 0 Å². The van der Waals surface area contributed by atoms with E-state index in [0.717, 1.165) is 13.1 Å². The molecule has 0 unspecified atom stereocenters. The van der Waals surface area contributed by atoms with Gasteiger partial charge >= 0.3 is 0 Å². The number of anilines is 2. The Balaban J connectivity index is 1.49. The summed E-state index contributed by atoms with van der Waals surface area (Å²) >= 11 is 0. The third-order valence-electron chi connectivity index (χ3n) is 5.15. The fourth-order valence-electron chi connectivity index (χ4n) is 3.39. The predicted molar refractivity (Wildman–Crippen MR) is 104 cm³/mol. The molecule has 0 aromatic heterocycles. The summed E-state index contributed by atoms with van der Waals surface area (Å²) in [5.74, 6) is -1.30. The van der Waals surface area contributed by atoms with E-state index in [4.69, 9.17) is 0 Å². The zero-order valence-corrected chi connectivity index (χ0v) is 15.8. The van der Waals surface area contributed by atoms with Crippen molar-refractivity contribution in [3.05, 3.63) is 59.2 Å². The number of carbonyl (C=O) groups is 1. The molecule has 4 nitrogen and oxygen atoms in total. The minimum Gasteiger partial charge on any atom is -0.380 e. The van der Waals surface area contributed by atoms with Gasteiger partial charge in [-0.25, -0.2) is 8.78 Å². The van der Waals surface area contributed by atoms with Crippen molar-refractivity contribution in [3.8, 4) is 0 Å². The fraction of sp³-hybridized carbons (Fsp3) is 0.381. The average Bonchev–Trinajstić information content (AvgIpc) is 2.66. The Morgan fingerprint density at radius 1 is 1.00 bits per heavy atom. The van der Waals surface area contributed by atoms with Crippen LogP contribution in [0.15, 0.2) is 36.4 Å². The molecule has 1 N–H and O–H groups in total. The van der Waals surface area contributed by atoms with E-state index >= 15 is 0 Å². The van der Waals surface area contributed by atoms with E-state index in [2.05, 4.69) is 42.3 Å². The monoisotopic (exact) mass is 373 g/mol. The average molecular weight is 373 g/mol. The van der Waals surface area contributed by atoms with Crippen molar-refractivity contribution < 1.29 is 13.6 Å². The highest BCUT2D eigenvalue weighted by Gasteiger charge is 2.22. The van der Waals surface area contributed by atoms with Crippen LogP contribution in [0.2, 0.25) is 0 Å². The Labute approximate surface area is 158 Å². The first-order valence-electron chi connectivity index (χ1n) is 9.24. The van der Waals surface area contributed by atoms with Gasteiger partial charge in [-0.3, -0.25) is 4.79 Å². The molecule has 27 heavy (non-hydrogen) atoms. The molecule has 6 heteroatoms. The summed E-state index contributed by atoms with van der Waals surface area (Å²) in [5, 5.41) is 2.69. The van der Waals surface area contributed by atoms with Crippen molar-refractivity contribution in [1.82, 2.24) is 4.90 Å². The van der Waals surface area contributed by atoms with Crippen LogP contribution in [-0.4, -0.2) is 43.5 Å². The van der Waals surface area contributed by atoms with Gasteiger partial charge in [0.1, 0.15) is 17.3 Å². The maximum Gasteiger partial charge on any atom is 0.224 e. The Bertz CT molecular complexity index is 797. The highest BCUT2D eigenvalue weighted by molar-refractivity contribution is 5.77. The first kappa shape index (κ1) is 19.1. The molecule has 1 heterocycles. The Morgan fingerprint density at radius 2 is 1.63 bits per heavy atom. The van der Waals surface area contributed by atoms with Crippen molar-refractivity contribution in [2.24, 2.45) is 0 Å². The molecule has 1 aliphatic rings. The fourth-order valence-corrected chi connectivity index (χ4v) is 3.39. The summed E-state index contributed by atoms with van der Waals surface area (Å²) < 4.78 is 27.2. The van der Waals surface area contributed by atoms with Crippen LogP contribution in [0, 0.1) is 25.5 Å². The SMILES string of the molecule is Cc1cccc(N2CCN(C(=O)CCNc3c(F)cccc3F)CC2)c1C. The Morgan fingerprint density at radius 3 is 2.30 bits per heavy atom. The molecular formula is C21H25F2N3O. The maximum atomic E-state index is 13.6. The summed E-state index contributed by atoms with van der Waals surface area (Å²) in [4.78, 5) is 16.5. The molecule has 2 aromatic rings. The lowest BCUT2D eigenvalue weighted by molar-refractivity contribution is -0.131. The van der Waals surface area contributed by atoms with Crippen molar-refractivity contribution in [2.75, 3.05) is 42.9 Å². The topological polar surface area (TPSA) is 35.6 Å². The second kappa shape index (κ2) is 8.37. The van der Waals surface area contributed by atoms with Gasteiger partial charge in [0.25, 0.3) is 0 Å². The second-order valence-electron chi connectivity index (χ2n) is 6.86. The number of piperazine rings is 1. The molecule has 3 rings (SSSR count). The summed E-state index contributed by atoms with van der Waals surface area (Å²) in [6, 6.07) is 9.98. The maximum absolute atomic E-state index is 13.6. The van der Waals surface area contributed by atoms with E-state index in [0.29, 0.717) is 13.1 Å². The zero-order valence-electron chi connectivity index (χ0n) is 15.8. The molecule has 0 bridgehead atoms. The van der Waals surface area contributed by atoms with Gasteiger partial charge in [-0.05, 0) is 43.2 Å². The van der Waals surface area contributed by atoms with E-state index in [1.54, 1.807) is 0 Å². The highest BCUT2D eigenvalue weighted by atomic mass is 19.1. The van der Waals surface area contributed by atoms with Crippen LogP contribution in [0.25, 0.3) is 0 Å². The lowest BCUT2D eigenvalue weighted by atomic mass is 10.1. The van der Waals surface area contributed by atoms with Crippen LogP contribution in [0.1, 0.15) is 17.5 Å². The van der Waals surface area contributed by atoms with E-state index in [9.17, 15) is 13.6 Å². The van der Waals surface area contributed by atoms with Gasteiger partial charge in [-0.15, -0.1) is 0 Å². The quantitative estimate of drug-likeness (QED) is 0.867. The molecule has 1 aliphatic heterocycles. The van der Waals surface area contributed by atoms with Crippen molar-refractivity contribution in [2.45, 2.75) is 20.3 Å². The minimum atomic E-state index is -0.649. The lowest BCUT2D eigenvalue weighted by Crippen LogP contribution is -2.49. The van der Waals surface area contributed by atoms with Gasteiger partial charge < -0.3 is 15.1 Å². The largest absolute Gasteiger partial charge is 0.380 e. The number of para-hydroxylation sites is 1. The number of hydrogen-bond donors (Lipinski definition) is 1. The summed E-state index contributed by atoms with van der Waals surface area (Å²) in [6.07, 6.45) is 0.206. The van der Waals surface area contributed by atoms with E-state index < -0.39 is 11.6 Å². The van der Waals surface area contributed by atoms with Gasteiger partial charge in [0.15, 0.2) is 0 Å². The van der Waals surface area contributed by atoms with E-state index in [1.807, 2.05) is 4.90 Å². The standard InChI is InChI=1S/C21H25F2N3O/c1-15-5-3-8-19(16(15)2)25-11-13-26(14-12-25)20(27)9-10-24-21-17(22)6-4-7-18(21)23/h3-8,24H,9-14H2,1-2H3. The van der Waals surface area contributed by atoms with Crippen LogP contribution in [0.5, 0.6) is 0 Å². The molecule has 2 aromatic carbocycles. The molecule has 1 saturated heterocycles. The number of hydrogen-bond acceptors (Lipinski definition) is 3. The van der Waals surface area contributed by atoms with E-state index in [1.165, 1.54) is 35.0 Å². The predicted octanol–water partition coefficient (Wildman–Crippen LogP) is 3.73. The number of aryl methyl sites for hydroxylation is 1. The Hall–Kier alpha value is -2.63. The third kappa shape index (κ3) is 4.38. The smallest absolute Gasteiger partial charge is 0.224 e. The van der Waals surface area contributed by atoms with Crippen molar-refractivity contribution in [3.63, 3.8) is 0 Å². The van der Waals surface area contributed by atoms with Gasteiger partial charge in [0.2, 0.25) is 5.91 Å². The minimum absolute atomic E-state index is 0.000128. The number of nitrogens with one attached hydrogen (secondary N) is 1. The number of amides is 1. The molecule has 1 fully saturated rings. The lowest BCUT2D eigenvalue weighted by Gasteiger charge is -2.37. The number of carbonyl (C=O) groups excluding carboxylic acids is 1. The van der Waals surface area contributed by atoms with Gasteiger partial charge in [0, 0.05) is 44.8 Å². The molecule has 0 spiro atoms. The second-order valence-corrected chi connectivity index (χ2v) is 6.86. The summed E-state index contributed by atoms with van der Waals surface area (Å²) in [6.45, 7) is 7.30.